The van der Waals surface area contributed by atoms with Gasteiger partial charge >= 0.3 is 0 Å². The van der Waals surface area contributed by atoms with Gasteiger partial charge in [0.05, 0.1) is 18.9 Å². The monoisotopic (exact) mass is 489 g/mol. The summed E-state index contributed by atoms with van der Waals surface area (Å²) in [7, 11) is 1.54. The van der Waals surface area contributed by atoms with E-state index in [0.717, 1.165) is 33.2 Å². The number of hydrazone groups is 1. The fourth-order valence-electron chi connectivity index (χ4n) is 3.86. The van der Waals surface area contributed by atoms with Crippen molar-refractivity contribution >= 4 is 39.0 Å². The number of benzene rings is 3. The zero-order chi connectivity index (χ0) is 22.7. The summed E-state index contributed by atoms with van der Waals surface area (Å²) in [6.45, 7) is 4.98. The summed E-state index contributed by atoms with van der Waals surface area (Å²) in [6, 6.07) is 21.9. The van der Waals surface area contributed by atoms with Crippen LogP contribution in [0.3, 0.4) is 0 Å². The van der Waals surface area contributed by atoms with Gasteiger partial charge in [0.2, 0.25) is 0 Å². The van der Waals surface area contributed by atoms with E-state index in [0.29, 0.717) is 11.3 Å². The van der Waals surface area contributed by atoms with E-state index in [1.54, 1.807) is 18.3 Å². The lowest BCUT2D eigenvalue weighted by atomic mass is 10.1. The number of aryl methyl sites for hydroxylation is 1. The Bertz CT molecular complexity index is 1320. The SMILES string of the molecule is COc1ccc(Br)cc1C(=O)N/N=C\c1c(C)n(Cc2ccccc2C)c2ccccc12. The van der Waals surface area contributed by atoms with Crippen LogP contribution in [0, 0.1) is 13.8 Å². The topological polar surface area (TPSA) is 55.6 Å². The molecule has 162 valence electrons. The number of aromatic nitrogens is 1. The van der Waals surface area contributed by atoms with Gasteiger partial charge in [0, 0.05) is 33.2 Å². The smallest absolute Gasteiger partial charge is 0.275 e. The van der Waals surface area contributed by atoms with Crippen LogP contribution in [0.1, 0.15) is 32.7 Å². The predicted molar refractivity (Wildman–Crippen MR) is 133 cm³/mol. The Morgan fingerprint density at radius 1 is 1.09 bits per heavy atom. The van der Waals surface area contributed by atoms with Crippen LogP contribution in [0.2, 0.25) is 0 Å². The third-order valence-corrected chi connectivity index (χ3v) is 6.13. The summed E-state index contributed by atoms with van der Waals surface area (Å²) in [5.41, 5.74) is 8.78. The second-order valence-corrected chi connectivity index (χ2v) is 8.49. The molecule has 4 aromatic rings. The van der Waals surface area contributed by atoms with Crippen LogP contribution in [-0.2, 0) is 6.54 Å². The van der Waals surface area contributed by atoms with Gasteiger partial charge in [-0.1, -0.05) is 58.4 Å². The Hall–Kier alpha value is -3.38. The maximum Gasteiger partial charge on any atom is 0.275 e. The van der Waals surface area contributed by atoms with Gasteiger partial charge in [-0.05, 0) is 49.2 Å². The van der Waals surface area contributed by atoms with Gasteiger partial charge in [-0.15, -0.1) is 0 Å². The van der Waals surface area contributed by atoms with Crippen LogP contribution < -0.4 is 10.2 Å². The average Bonchev–Trinajstić information content (AvgIpc) is 3.06. The number of halogens is 1. The van der Waals surface area contributed by atoms with E-state index >= 15 is 0 Å². The lowest BCUT2D eigenvalue weighted by molar-refractivity contribution is 0.0952. The summed E-state index contributed by atoms with van der Waals surface area (Å²) < 4.78 is 8.38. The number of nitrogens with zero attached hydrogens (tertiary/aromatic N) is 2. The van der Waals surface area contributed by atoms with Gasteiger partial charge in [0.25, 0.3) is 5.91 Å². The van der Waals surface area contributed by atoms with Gasteiger partial charge in [-0.3, -0.25) is 4.79 Å². The van der Waals surface area contributed by atoms with Crippen molar-refractivity contribution < 1.29 is 9.53 Å². The standard InChI is InChI=1S/C26H24BrN3O2/c1-17-8-4-5-9-19(17)16-30-18(2)23(21-10-6-7-11-24(21)30)15-28-29-26(31)22-14-20(27)12-13-25(22)32-3/h4-15H,16H2,1-3H3,(H,29,31)/b28-15-. The molecule has 0 saturated heterocycles. The van der Waals surface area contributed by atoms with E-state index in [2.05, 4.69) is 81.3 Å². The number of hydrogen-bond acceptors (Lipinski definition) is 3. The van der Waals surface area contributed by atoms with Gasteiger partial charge in [-0.2, -0.15) is 5.10 Å². The molecule has 0 aliphatic carbocycles. The molecular weight excluding hydrogens is 466 g/mol. The Morgan fingerprint density at radius 2 is 1.84 bits per heavy atom. The molecule has 6 heteroatoms. The summed E-state index contributed by atoms with van der Waals surface area (Å²) >= 11 is 3.39. The minimum atomic E-state index is -0.333. The van der Waals surface area contributed by atoms with E-state index in [9.17, 15) is 4.79 Å². The van der Waals surface area contributed by atoms with E-state index < -0.39 is 0 Å². The Labute approximate surface area is 195 Å². The third kappa shape index (κ3) is 4.32. The van der Waals surface area contributed by atoms with Crippen LogP contribution in [-0.4, -0.2) is 23.8 Å². The number of para-hydroxylation sites is 1. The van der Waals surface area contributed by atoms with Crippen molar-refractivity contribution in [3.05, 3.63) is 99.2 Å². The van der Waals surface area contributed by atoms with Gasteiger partial charge in [-0.25, -0.2) is 5.43 Å². The maximum absolute atomic E-state index is 12.7. The number of hydrogen-bond donors (Lipinski definition) is 1. The van der Waals surface area contributed by atoms with Crippen molar-refractivity contribution in [3.63, 3.8) is 0 Å². The summed E-state index contributed by atoms with van der Waals surface area (Å²) in [6.07, 6.45) is 1.72. The molecule has 0 unspecified atom stereocenters. The molecule has 5 nitrogen and oxygen atoms in total. The zero-order valence-electron chi connectivity index (χ0n) is 18.2. The molecule has 1 heterocycles. The highest BCUT2D eigenvalue weighted by Crippen LogP contribution is 2.26. The molecule has 0 saturated carbocycles. The Kier molecular flexibility index (Phi) is 6.42. The minimum Gasteiger partial charge on any atom is -0.496 e. The zero-order valence-corrected chi connectivity index (χ0v) is 19.8. The number of carbonyl (C=O) groups excluding carboxylic acids is 1. The number of nitrogens with one attached hydrogen (secondary N) is 1. The summed E-state index contributed by atoms with van der Waals surface area (Å²) in [5.74, 6) is 0.160. The van der Waals surface area contributed by atoms with Crippen LogP contribution in [0.15, 0.2) is 76.3 Å². The van der Waals surface area contributed by atoms with E-state index in [1.807, 2.05) is 18.2 Å². The average molecular weight is 490 g/mol. The number of ether oxygens (including phenoxy) is 1. The molecule has 1 N–H and O–H groups in total. The number of rotatable bonds is 6. The maximum atomic E-state index is 12.7. The third-order valence-electron chi connectivity index (χ3n) is 5.64. The molecule has 1 aromatic heterocycles. The highest BCUT2D eigenvalue weighted by Gasteiger charge is 2.15. The number of amides is 1. The second kappa shape index (κ2) is 9.40. The van der Waals surface area contributed by atoms with Crippen molar-refractivity contribution in [2.75, 3.05) is 7.11 Å². The first kappa shape index (κ1) is 21.8. The van der Waals surface area contributed by atoms with E-state index in [4.69, 9.17) is 4.74 Å². The van der Waals surface area contributed by atoms with Crippen LogP contribution in [0.5, 0.6) is 5.75 Å². The molecule has 4 rings (SSSR count). The molecule has 1 amide bonds. The van der Waals surface area contributed by atoms with Crippen molar-refractivity contribution in [2.24, 2.45) is 5.10 Å². The van der Waals surface area contributed by atoms with Gasteiger partial charge in [0.15, 0.2) is 0 Å². The molecular formula is C26H24BrN3O2. The lowest BCUT2D eigenvalue weighted by Crippen LogP contribution is -2.18. The normalized spacial score (nSPS) is 11.2. The minimum absolute atomic E-state index is 0.333. The van der Waals surface area contributed by atoms with Gasteiger partial charge in [0.1, 0.15) is 5.75 Å². The van der Waals surface area contributed by atoms with E-state index in [-0.39, 0.29) is 5.91 Å². The molecule has 32 heavy (non-hydrogen) atoms. The molecule has 0 spiro atoms. The van der Waals surface area contributed by atoms with Crippen LogP contribution in [0.4, 0.5) is 0 Å². The molecule has 3 aromatic carbocycles. The van der Waals surface area contributed by atoms with Crippen LogP contribution in [0.25, 0.3) is 10.9 Å². The van der Waals surface area contributed by atoms with Crippen molar-refractivity contribution in [1.82, 2.24) is 9.99 Å². The first-order valence-corrected chi connectivity index (χ1v) is 11.1. The molecule has 0 bridgehead atoms. The van der Waals surface area contributed by atoms with Crippen LogP contribution >= 0.6 is 15.9 Å². The predicted octanol–water partition coefficient (Wildman–Crippen LogP) is 5.84. The quantitative estimate of drug-likeness (QED) is 0.273. The molecule has 0 aliphatic heterocycles. The molecule has 0 aliphatic rings. The fraction of sp³-hybridized carbons (Fsp3) is 0.154. The summed E-state index contributed by atoms with van der Waals surface area (Å²) in [5, 5.41) is 5.36. The number of carbonyl (C=O) groups is 1. The Morgan fingerprint density at radius 3 is 2.62 bits per heavy atom. The first-order chi connectivity index (χ1) is 15.5. The van der Waals surface area contributed by atoms with Gasteiger partial charge < -0.3 is 9.30 Å². The number of fused-ring (bicyclic) bond motifs is 1. The Balaban J connectivity index is 1.65. The highest BCUT2D eigenvalue weighted by molar-refractivity contribution is 9.10. The first-order valence-electron chi connectivity index (χ1n) is 10.3. The van der Waals surface area contributed by atoms with E-state index in [1.165, 1.54) is 18.2 Å². The second-order valence-electron chi connectivity index (χ2n) is 7.57. The lowest BCUT2D eigenvalue weighted by Gasteiger charge is -2.11. The largest absolute Gasteiger partial charge is 0.496 e. The molecule has 0 fully saturated rings. The van der Waals surface area contributed by atoms with Crippen molar-refractivity contribution in [3.8, 4) is 5.75 Å². The summed E-state index contributed by atoms with van der Waals surface area (Å²) in [4.78, 5) is 12.7. The molecule has 0 atom stereocenters. The highest BCUT2D eigenvalue weighted by atomic mass is 79.9. The molecule has 0 radical (unpaired) electrons. The fourth-order valence-corrected chi connectivity index (χ4v) is 4.22. The number of methoxy groups -OCH3 is 1. The van der Waals surface area contributed by atoms with Crippen molar-refractivity contribution in [1.29, 1.82) is 0 Å². The van der Waals surface area contributed by atoms with Crippen molar-refractivity contribution in [2.45, 2.75) is 20.4 Å².